The summed E-state index contributed by atoms with van der Waals surface area (Å²) in [7, 11) is 0. The Bertz CT molecular complexity index is 674. The lowest BCUT2D eigenvalue weighted by molar-refractivity contribution is -0.120. The summed E-state index contributed by atoms with van der Waals surface area (Å²) in [6.45, 7) is 2.10. The van der Waals surface area contributed by atoms with Crippen molar-refractivity contribution < 1.29 is 19.4 Å². The van der Waals surface area contributed by atoms with Crippen molar-refractivity contribution >= 4 is 11.8 Å². The standard InChI is InChI=1S/C19H20O4/c1-2-4-14-7-9-18(10-8-14)23-13-17(20)12-15-5-3-6-16(11-15)19(21)22/h3,5-11H,2,4,12-13H2,1H3,(H,21,22). The molecule has 4 heteroatoms. The molecule has 0 heterocycles. The largest absolute Gasteiger partial charge is 0.486 e. The van der Waals surface area contributed by atoms with Gasteiger partial charge in [0.05, 0.1) is 5.56 Å². The van der Waals surface area contributed by atoms with Crippen molar-refractivity contribution in [2.24, 2.45) is 0 Å². The van der Waals surface area contributed by atoms with Gasteiger partial charge in [0.15, 0.2) is 5.78 Å². The molecule has 2 rings (SSSR count). The summed E-state index contributed by atoms with van der Waals surface area (Å²) in [5.41, 5.74) is 2.11. The minimum Gasteiger partial charge on any atom is -0.486 e. The van der Waals surface area contributed by atoms with Gasteiger partial charge in [-0.25, -0.2) is 4.79 Å². The van der Waals surface area contributed by atoms with Crippen LogP contribution in [-0.4, -0.2) is 23.5 Å². The van der Waals surface area contributed by atoms with Crippen LogP contribution in [0.2, 0.25) is 0 Å². The van der Waals surface area contributed by atoms with Crippen molar-refractivity contribution in [2.75, 3.05) is 6.61 Å². The van der Waals surface area contributed by atoms with E-state index in [0.717, 1.165) is 12.8 Å². The minimum atomic E-state index is -0.997. The summed E-state index contributed by atoms with van der Waals surface area (Å²) >= 11 is 0. The highest BCUT2D eigenvalue weighted by Gasteiger charge is 2.08. The smallest absolute Gasteiger partial charge is 0.335 e. The van der Waals surface area contributed by atoms with Gasteiger partial charge in [-0.05, 0) is 41.8 Å². The minimum absolute atomic E-state index is 0.0234. The number of carboxylic acids is 1. The Balaban J connectivity index is 1.87. The monoisotopic (exact) mass is 312 g/mol. The normalized spacial score (nSPS) is 10.3. The molecule has 0 spiro atoms. The molecule has 0 radical (unpaired) electrons. The fraction of sp³-hybridized carbons (Fsp3) is 0.263. The number of ketones is 1. The summed E-state index contributed by atoms with van der Waals surface area (Å²) in [5, 5.41) is 8.95. The molecule has 0 aliphatic rings. The molecule has 0 saturated heterocycles. The number of hydrogen-bond donors (Lipinski definition) is 1. The van der Waals surface area contributed by atoms with Gasteiger partial charge in [-0.15, -0.1) is 0 Å². The van der Waals surface area contributed by atoms with Crippen LogP contribution in [0.25, 0.3) is 0 Å². The lowest BCUT2D eigenvalue weighted by atomic mass is 10.1. The number of Topliss-reactive ketones (excluding diaryl/α,β-unsaturated/α-hetero) is 1. The molecule has 0 aromatic heterocycles. The number of aromatic carboxylic acids is 1. The third-order valence-electron chi connectivity index (χ3n) is 3.44. The van der Waals surface area contributed by atoms with E-state index in [1.165, 1.54) is 17.7 Å². The second-order valence-corrected chi connectivity index (χ2v) is 5.40. The topological polar surface area (TPSA) is 63.6 Å². The highest BCUT2D eigenvalue weighted by molar-refractivity contribution is 5.88. The molecular weight excluding hydrogens is 292 g/mol. The van der Waals surface area contributed by atoms with E-state index >= 15 is 0 Å². The molecule has 0 fully saturated rings. The van der Waals surface area contributed by atoms with Crippen molar-refractivity contribution in [3.63, 3.8) is 0 Å². The zero-order valence-electron chi connectivity index (χ0n) is 13.1. The molecule has 0 amide bonds. The third-order valence-corrected chi connectivity index (χ3v) is 3.44. The first-order valence-corrected chi connectivity index (χ1v) is 7.64. The first-order valence-electron chi connectivity index (χ1n) is 7.64. The Labute approximate surface area is 135 Å². The van der Waals surface area contributed by atoms with E-state index in [1.807, 2.05) is 24.3 Å². The summed E-state index contributed by atoms with van der Waals surface area (Å²) in [4.78, 5) is 22.9. The number of rotatable bonds is 8. The first kappa shape index (κ1) is 16.7. The van der Waals surface area contributed by atoms with Gasteiger partial charge < -0.3 is 9.84 Å². The van der Waals surface area contributed by atoms with Gasteiger partial charge in [0.1, 0.15) is 12.4 Å². The number of ether oxygens (including phenoxy) is 1. The molecule has 0 aliphatic carbocycles. The van der Waals surface area contributed by atoms with Crippen LogP contribution in [0.15, 0.2) is 48.5 Å². The van der Waals surface area contributed by atoms with Gasteiger partial charge in [-0.1, -0.05) is 37.6 Å². The maximum atomic E-state index is 12.0. The molecule has 2 aromatic carbocycles. The van der Waals surface area contributed by atoms with Crippen LogP contribution in [0, 0.1) is 0 Å². The molecule has 4 nitrogen and oxygen atoms in total. The molecule has 0 aliphatic heterocycles. The van der Waals surface area contributed by atoms with E-state index in [4.69, 9.17) is 9.84 Å². The summed E-state index contributed by atoms with van der Waals surface area (Å²) in [5.74, 6) is -0.426. The average molecular weight is 312 g/mol. The highest BCUT2D eigenvalue weighted by Crippen LogP contribution is 2.14. The van der Waals surface area contributed by atoms with Gasteiger partial charge in [0.25, 0.3) is 0 Å². The zero-order valence-corrected chi connectivity index (χ0v) is 13.1. The number of aryl methyl sites for hydroxylation is 1. The third kappa shape index (κ3) is 5.25. The van der Waals surface area contributed by atoms with E-state index < -0.39 is 5.97 Å². The van der Waals surface area contributed by atoms with Crippen LogP contribution in [0.3, 0.4) is 0 Å². The fourth-order valence-corrected chi connectivity index (χ4v) is 2.30. The molecule has 0 saturated carbocycles. The predicted molar refractivity (Wildman–Crippen MR) is 88.0 cm³/mol. The van der Waals surface area contributed by atoms with E-state index in [9.17, 15) is 9.59 Å². The van der Waals surface area contributed by atoms with Gasteiger partial charge >= 0.3 is 5.97 Å². The number of carboxylic acid groups (broad SMARTS) is 1. The van der Waals surface area contributed by atoms with Crippen LogP contribution in [0.1, 0.15) is 34.8 Å². The summed E-state index contributed by atoms with van der Waals surface area (Å²) < 4.78 is 5.48. The molecule has 0 bridgehead atoms. The van der Waals surface area contributed by atoms with Crippen molar-refractivity contribution in [1.82, 2.24) is 0 Å². The average Bonchev–Trinajstić information content (AvgIpc) is 2.55. The van der Waals surface area contributed by atoms with Gasteiger partial charge in [-0.3, -0.25) is 4.79 Å². The Morgan fingerprint density at radius 1 is 1.04 bits per heavy atom. The Morgan fingerprint density at radius 2 is 1.78 bits per heavy atom. The summed E-state index contributed by atoms with van der Waals surface area (Å²) in [6.07, 6.45) is 2.28. The van der Waals surface area contributed by atoms with Crippen LogP contribution >= 0.6 is 0 Å². The van der Waals surface area contributed by atoms with Crippen molar-refractivity contribution in [1.29, 1.82) is 0 Å². The maximum Gasteiger partial charge on any atom is 0.335 e. The van der Waals surface area contributed by atoms with Gasteiger partial charge in [0.2, 0.25) is 0 Å². The summed E-state index contributed by atoms with van der Waals surface area (Å²) in [6, 6.07) is 14.1. The van der Waals surface area contributed by atoms with E-state index in [-0.39, 0.29) is 24.4 Å². The molecule has 0 unspecified atom stereocenters. The van der Waals surface area contributed by atoms with Crippen LogP contribution < -0.4 is 4.74 Å². The van der Waals surface area contributed by atoms with Crippen LogP contribution in [-0.2, 0) is 17.6 Å². The van der Waals surface area contributed by atoms with Gasteiger partial charge in [0, 0.05) is 6.42 Å². The quantitative estimate of drug-likeness (QED) is 0.810. The zero-order chi connectivity index (χ0) is 16.7. The number of benzene rings is 2. The molecule has 0 atom stereocenters. The number of carbonyl (C=O) groups excluding carboxylic acids is 1. The SMILES string of the molecule is CCCc1ccc(OCC(=O)Cc2cccc(C(=O)O)c2)cc1. The molecule has 2 aromatic rings. The Hall–Kier alpha value is -2.62. The molecule has 23 heavy (non-hydrogen) atoms. The predicted octanol–water partition coefficient (Wildman–Crippen LogP) is 3.53. The lowest BCUT2D eigenvalue weighted by Crippen LogP contribution is -2.14. The van der Waals surface area contributed by atoms with Crippen molar-refractivity contribution in [2.45, 2.75) is 26.2 Å². The second kappa shape index (κ2) is 8.13. The van der Waals surface area contributed by atoms with E-state index in [0.29, 0.717) is 11.3 Å². The van der Waals surface area contributed by atoms with Crippen molar-refractivity contribution in [3.8, 4) is 5.75 Å². The molecule has 1 N–H and O–H groups in total. The number of hydrogen-bond acceptors (Lipinski definition) is 3. The fourth-order valence-electron chi connectivity index (χ4n) is 2.30. The van der Waals surface area contributed by atoms with Crippen LogP contribution in [0.5, 0.6) is 5.75 Å². The van der Waals surface area contributed by atoms with E-state index in [1.54, 1.807) is 12.1 Å². The first-order chi connectivity index (χ1) is 11.1. The Kier molecular flexibility index (Phi) is 5.92. The lowest BCUT2D eigenvalue weighted by Gasteiger charge is -2.07. The maximum absolute atomic E-state index is 12.0. The second-order valence-electron chi connectivity index (χ2n) is 5.40. The number of carbonyl (C=O) groups is 2. The van der Waals surface area contributed by atoms with Crippen molar-refractivity contribution in [3.05, 3.63) is 65.2 Å². The Morgan fingerprint density at radius 3 is 2.43 bits per heavy atom. The van der Waals surface area contributed by atoms with E-state index in [2.05, 4.69) is 6.92 Å². The molecule has 120 valence electrons. The van der Waals surface area contributed by atoms with Gasteiger partial charge in [-0.2, -0.15) is 0 Å². The molecular formula is C19H20O4. The van der Waals surface area contributed by atoms with Crippen LogP contribution in [0.4, 0.5) is 0 Å². The highest BCUT2D eigenvalue weighted by atomic mass is 16.5.